The Kier molecular flexibility index (Phi) is 9.50. The van der Waals surface area contributed by atoms with Crippen molar-refractivity contribution < 1.29 is 18.0 Å². The number of nitrogens with zero attached hydrogens (tertiary/aromatic N) is 2. The number of sulfonamides is 1. The van der Waals surface area contributed by atoms with Crippen molar-refractivity contribution in [2.45, 2.75) is 51.2 Å². The number of anilines is 1. The molecule has 0 spiro atoms. The third-order valence-electron chi connectivity index (χ3n) is 5.78. The minimum absolute atomic E-state index is 0.0751. The zero-order chi connectivity index (χ0) is 27.2. The van der Waals surface area contributed by atoms with Crippen LogP contribution in [0.4, 0.5) is 5.69 Å². The van der Waals surface area contributed by atoms with Gasteiger partial charge >= 0.3 is 0 Å². The molecule has 0 saturated carbocycles. The van der Waals surface area contributed by atoms with E-state index in [0.29, 0.717) is 10.2 Å². The molecule has 1 N–H and O–H groups in total. The lowest BCUT2D eigenvalue weighted by atomic mass is 10.1. The Bertz CT molecular complexity index is 1330. The van der Waals surface area contributed by atoms with E-state index >= 15 is 0 Å². The molecule has 0 fully saturated rings. The largest absolute Gasteiger partial charge is 0.352 e. The zero-order valence-electron chi connectivity index (χ0n) is 21.4. The number of rotatable bonds is 10. The Morgan fingerprint density at radius 1 is 0.919 bits per heavy atom. The number of carbonyl (C=O) groups excluding carboxylic acids is 2. The highest BCUT2D eigenvalue weighted by molar-refractivity contribution is 9.10. The van der Waals surface area contributed by atoms with Crippen LogP contribution in [-0.4, -0.2) is 43.8 Å². The molecule has 3 aromatic carbocycles. The van der Waals surface area contributed by atoms with Gasteiger partial charge in [-0.2, -0.15) is 0 Å². The van der Waals surface area contributed by atoms with E-state index in [2.05, 4.69) is 21.2 Å². The first kappa shape index (κ1) is 28.4. The van der Waals surface area contributed by atoms with Crippen LogP contribution in [0.25, 0.3) is 0 Å². The summed E-state index contributed by atoms with van der Waals surface area (Å²) in [6, 6.07) is 21.6. The summed E-state index contributed by atoms with van der Waals surface area (Å²) < 4.78 is 29.3. The SMILES string of the molecule is Cc1ccc(S(=O)(=O)N(CC(=O)N(Cc2ccccc2)[C@@H](C)C(=O)NC(C)C)c2cccc(Br)c2)cc1. The van der Waals surface area contributed by atoms with E-state index in [1.165, 1.54) is 17.0 Å². The summed E-state index contributed by atoms with van der Waals surface area (Å²) in [5.41, 5.74) is 2.08. The van der Waals surface area contributed by atoms with Crippen molar-refractivity contribution in [1.82, 2.24) is 10.2 Å². The molecule has 0 unspecified atom stereocenters. The highest BCUT2D eigenvalue weighted by Gasteiger charge is 2.32. The Morgan fingerprint density at radius 3 is 2.16 bits per heavy atom. The zero-order valence-corrected chi connectivity index (χ0v) is 23.8. The maximum atomic E-state index is 13.8. The van der Waals surface area contributed by atoms with Crippen molar-refractivity contribution in [2.24, 2.45) is 0 Å². The van der Waals surface area contributed by atoms with Crippen molar-refractivity contribution in [3.63, 3.8) is 0 Å². The quantitative estimate of drug-likeness (QED) is 0.367. The minimum atomic E-state index is -4.09. The molecule has 196 valence electrons. The van der Waals surface area contributed by atoms with Crippen LogP contribution in [0.1, 0.15) is 31.9 Å². The van der Waals surface area contributed by atoms with Gasteiger partial charge in [-0.3, -0.25) is 13.9 Å². The second-order valence-corrected chi connectivity index (χ2v) is 11.9. The third kappa shape index (κ3) is 7.42. The Balaban J connectivity index is 2.02. The van der Waals surface area contributed by atoms with Gasteiger partial charge in [0.05, 0.1) is 10.6 Å². The van der Waals surface area contributed by atoms with E-state index in [1.54, 1.807) is 43.3 Å². The first-order chi connectivity index (χ1) is 17.5. The van der Waals surface area contributed by atoms with Gasteiger partial charge in [0.15, 0.2) is 0 Å². The van der Waals surface area contributed by atoms with Crippen LogP contribution < -0.4 is 9.62 Å². The van der Waals surface area contributed by atoms with Crippen molar-refractivity contribution in [3.05, 3.63) is 94.5 Å². The van der Waals surface area contributed by atoms with Crippen LogP contribution in [0.15, 0.2) is 88.2 Å². The summed E-state index contributed by atoms with van der Waals surface area (Å²) in [5, 5.41) is 2.85. The minimum Gasteiger partial charge on any atom is -0.352 e. The van der Waals surface area contributed by atoms with Crippen LogP contribution in [0.2, 0.25) is 0 Å². The summed E-state index contributed by atoms with van der Waals surface area (Å²) in [4.78, 5) is 28.2. The average molecular weight is 587 g/mol. The van der Waals surface area contributed by atoms with Crippen molar-refractivity contribution in [3.8, 4) is 0 Å². The molecule has 0 bridgehead atoms. The van der Waals surface area contributed by atoms with Crippen LogP contribution in [0.3, 0.4) is 0 Å². The number of halogens is 1. The number of hydrogen-bond donors (Lipinski definition) is 1. The summed E-state index contributed by atoms with van der Waals surface area (Å²) in [6.07, 6.45) is 0. The molecule has 0 saturated heterocycles. The lowest BCUT2D eigenvalue weighted by Crippen LogP contribution is -2.52. The number of benzene rings is 3. The van der Waals surface area contributed by atoms with Gasteiger partial charge in [0, 0.05) is 17.1 Å². The summed E-state index contributed by atoms with van der Waals surface area (Å²) in [6.45, 7) is 6.89. The lowest BCUT2D eigenvalue weighted by Gasteiger charge is -2.32. The van der Waals surface area contributed by atoms with E-state index in [9.17, 15) is 18.0 Å². The van der Waals surface area contributed by atoms with E-state index in [-0.39, 0.29) is 23.4 Å². The molecule has 0 radical (unpaired) electrons. The smallest absolute Gasteiger partial charge is 0.264 e. The summed E-state index contributed by atoms with van der Waals surface area (Å²) in [7, 11) is -4.09. The van der Waals surface area contributed by atoms with E-state index in [4.69, 9.17) is 0 Å². The van der Waals surface area contributed by atoms with Gasteiger partial charge in [-0.15, -0.1) is 0 Å². The molecule has 3 aromatic rings. The lowest BCUT2D eigenvalue weighted by molar-refractivity contribution is -0.139. The highest BCUT2D eigenvalue weighted by atomic mass is 79.9. The molecule has 2 amide bonds. The fourth-order valence-corrected chi connectivity index (χ4v) is 5.56. The van der Waals surface area contributed by atoms with Gasteiger partial charge in [0.2, 0.25) is 11.8 Å². The Morgan fingerprint density at radius 2 is 1.57 bits per heavy atom. The van der Waals surface area contributed by atoms with Gasteiger partial charge in [-0.25, -0.2) is 8.42 Å². The first-order valence-electron chi connectivity index (χ1n) is 12.0. The molecular weight excluding hydrogens is 554 g/mol. The van der Waals surface area contributed by atoms with Gasteiger partial charge in [-0.1, -0.05) is 70.0 Å². The second kappa shape index (κ2) is 12.4. The molecule has 3 rings (SSSR count). The average Bonchev–Trinajstić information content (AvgIpc) is 2.85. The molecular formula is C28H32BrN3O4S. The second-order valence-electron chi connectivity index (χ2n) is 9.15. The van der Waals surface area contributed by atoms with Crippen LogP contribution in [-0.2, 0) is 26.2 Å². The number of hydrogen-bond acceptors (Lipinski definition) is 4. The van der Waals surface area contributed by atoms with E-state index in [0.717, 1.165) is 15.4 Å². The van der Waals surface area contributed by atoms with Crippen molar-refractivity contribution in [1.29, 1.82) is 0 Å². The predicted octanol–water partition coefficient (Wildman–Crippen LogP) is 4.89. The predicted molar refractivity (Wildman–Crippen MR) is 150 cm³/mol. The third-order valence-corrected chi connectivity index (χ3v) is 8.06. The fourth-order valence-electron chi connectivity index (χ4n) is 3.77. The molecule has 0 aliphatic rings. The number of carbonyl (C=O) groups is 2. The van der Waals surface area contributed by atoms with Gasteiger partial charge < -0.3 is 10.2 Å². The van der Waals surface area contributed by atoms with E-state index in [1.807, 2.05) is 51.1 Å². The Hall–Kier alpha value is -3.17. The van der Waals surface area contributed by atoms with Crippen LogP contribution >= 0.6 is 15.9 Å². The molecule has 7 nitrogen and oxygen atoms in total. The molecule has 0 heterocycles. The molecule has 9 heteroatoms. The first-order valence-corrected chi connectivity index (χ1v) is 14.2. The monoisotopic (exact) mass is 585 g/mol. The summed E-state index contributed by atoms with van der Waals surface area (Å²) in [5.74, 6) is -0.805. The number of nitrogens with one attached hydrogen (secondary N) is 1. The fraction of sp³-hybridized carbons (Fsp3) is 0.286. The number of aryl methyl sites for hydroxylation is 1. The standard InChI is InChI=1S/C28H32BrN3O4S/c1-20(2)30-28(34)22(4)31(18-23-9-6-5-7-10-23)27(33)19-32(25-12-8-11-24(29)17-25)37(35,36)26-15-13-21(3)14-16-26/h5-17,20,22H,18-19H2,1-4H3,(H,30,34)/t22-/m0/s1. The van der Waals surface area contributed by atoms with Gasteiger partial charge in [0.25, 0.3) is 10.0 Å². The van der Waals surface area contributed by atoms with Gasteiger partial charge in [0.1, 0.15) is 12.6 Å². The van der Waals surface area contributed by atoms with Crippen molar-refractivity contribution >= 4 is 43.5 Å². The molecule has 1 atom stereocenters. The van der Waals surface area contributed by atoms with E-state index < -0.39 is 28.5 Å². The normalized spacial score (nSPS) is 12.2. The maximum absolute atomic E-state index is 13.8. The van der Waals surface area contributed by atoms with Gasteiger partial charge in [-0.05, 0) is 63.6 Å². The molecule has 0 aromatic heterocycles. The molecule has 0 aliphatic carbocycles. The topological polar surface area (TPSA) is 86.8 Å². The Labute approximate surface area is 227 Å². The molecule has 0 aliphatic heterocycles. The van der Waals surface area contributed by atoms with Crippen molar-refractivity contribution in [2.75, 3.05) is 10.8 Å². The van der Waals surface area contributed by atoms with Crippen LogP contribution in [0.5, 0.6) is 0 Å². The number of amides is 2. The maximum Gasteiger partial charge on any atom is 0.264 e. The molecule has 37 heavy (non-hydrogen) atoms. The van der Waals surface area contributed by atoms with Crippen LogP contribution in [0, 0.1) is 6.92 Å². The summed E-state index contributed by atoms with van der Waals surface area (Å²) >= 11 is 3.40. The highest BCUT2D eigenvalue weighted by Crippen LogP contribution is 2.27.